The van der Waals surface area contributed by atoms with E-state index in [-0.39, 0.29) is 17.5 Å². The minimum Gasteiger partial charge on any atom is -0.294 e. The third-order valence-electron chi connectivity index (χ3n) is 3.34. The zero-order valence-corrected chi connectivity index (χ0v) is 11.0. The van der Waals surface area contributed by atoms with Crippen LogP contribution < -0.4 is 0 Å². The summed E-state index contributed by atoms with van der Waals surface area (Å²) in [6.45, 7) is 2.02. The van der Waals surface area contributed by atoms with Gasteiger partial charge in [-0.2, -0.15) is 0 Å². The lowest BCUT2D eigenvalue weighted by atomic mass is 9.89. The highest BCUT2D eigenvalue weighted by atomic mass is 19.1. The van der Waals surface area contributed by atoms with Crippen molar-refractivity contribution in [1.82, 2.24) is 0 Å². The van der Waals surface area contributed by atoms with Crippen LogP contribution in [0.25, 0.3) is 0 Å². The summed E-state index contributed by atoms with van der Waals surface area (Å²) < 4.78 is 13.2. The molecule has 0 radical (unpaired) electrons. The van der Waals surface area contributed by atoms with E-state index in [1.807, 2.05) is 43.3 Å². The molecule has 2 rings (SSSR count). The fraction of sp³-hybridized carbons (Fsp3) is 0.235. The number of hydrogen-bond acceptors (Lipinski definition) is 1. The Bertz CT molecular complexity index is 548. The van der Waals surface area contributed by atoms with Crippen LogP contribution in [-0.4, -0.2) is 5.78 Å². The Balaban J connectivity index is 2.14. The van der Waals surface area contributed by atoms with Gasteiger partial charge in [-0.05, 0) is 30.0 Å². The molecule has 0 amide bonds. The molecule has 2 aromatic carbocycles. The van der Waals surface area contributed by atoms with E-state index in [4.69, 9.17) is 0 Å². The molecule has 98 valence electrons. The van der Waals surface area contributed by atoms with Gasteiger partial charge in [0.05, 0.1) is 0 Å². The molecule has 0 aromatic heterocycles. The molecule has 0 unspecified atom stereocenters. The Morgan fingerprint density at radius 2 is 1.84 bits per heavy atom. The molecule has 2 heteroatoms. The maximum atomic E-state index is 13.2. The van der Waals surface area contributed by atoms with Crippen molar-refractivity contribution in [2.45, 2.75) is 25.7 Å². The minimum atomic E-state index is -0.247. The van der Waals surface area contributed by atoms with Gasteiger partial charge in [-0.3, -0.25) is 4.79 Å². The van der Waals surface area contributed by atoms with E-state index >= 15 is 0 Å². The maximum Gasteiger partial charge on any atom is 0.163 e. The molecule has 2 aromatic rings. The lowest BCUT2D eigenvalue weighted by Crippen LogP contribution is -2.07. The quantitative estimate of drug-likeness (QED) is 0.715. The highest BCUT2D eigenvalue weighted by Crippen LogP contribution is 2.25. The van der Waals surface area contributed by atoms with Crippen molar-refractivity contribution in [2.24, 2.45) is 0 Å². The van der Waals surface area contributed by atoms with Crippen LogP contribution in [0, 0.1) is 5.82 Å². The van der Waals surface area contributed by atoms with Crippen LogP contribution in [0.2, 0.25) is 0 Å². The van der Waals surface area contributed by atoms with E-state index in [9.17, 15) is 9.18 Å². The summed E-state index contributed by atoms with van der Waals surface area (Å²) in [5, 5.41) is 0. The maximum absolute atomic E-state index is 13.2. The van der Waals surface area contributed by atoms with Crippen molar-refractivity contribution >= 4 is 5.78 Å². The van der Waals surface area contributed by atoms with Crippen LogP contribution >= 0.6 is 0 Å². The second-order valence-corrected chi connectivity index (χ2v) is 4.65. The van der Waals surface area contributed by atoms with E-state index < -0.39 is 0 Å². The van der Waals surface area contributed by atoms with Crippen LogP contribution in [0.4, 0.5) is 4.39 Å². The van der Waals surface area contributed by atoms with Crippen LogP contribution in [0.5, 0.6) is 0 Å². The number of Topliss-reactive ketones (excluding diaryl/α,β-unsaturated/α-hetero) is 1. The molecule has 0 fully saturated rings. The van der Waals surface area contributed by atoms with Gasteiger partial charge in [-0.1, -0.05) is 49.4 Å². The molecule has 0 saturated heterocycles. The Morgan fingerprint density at radius 1 is 1.11 bits per heavy atom. The lowest BCUT2D eigenvalue weighted by Gasteiger charge is -2.14. The number of hydrogen-bond donors (Lipinski definition) is 0. The summed E-state index contributed by atoms with van der Waals surface area (Å²) in [6.07, 6.45) is 1.24. The highest BCUT2D eigenvalue weighted by Gasteiger charge is 2.15. The van der Waals surface area contributed by atoms with Gasteiger partial charge < -0.3 is 0 Å². The van der Waals surface area contributed by atoms with Gasteiger partial charge >= 0.3 is 0 Å². The molecule has 0 heterocycles. The number of rotatable bonds is 5. The van der Waals surface area contributed by atoms with Gasteiger partial charge in [0.25, 0.3) is 0 Å². The second kappa shape index (κ2) is 6.28. The highest BCUT2D eigenvalue weighted by molar-refractivity contribution is 5.96. The average Bonchev–Trinajstić information content (AvgIpc) is 2.45. The number of halogens is 1. The van der Waals surface area contributed by atoms with E-state index in [1.54, 1.807) is 6.07 Å². The fourth-order valence-corrected chi connectivity index (χ4v) is 2.22. The third-order valence-corrected chi connectivity index (χ3v) is 3.34. The van der Waals surface area contributed by atoms with Crippen LogP contribution in [-0.2, 0) is 0 Å². The molecule has 0 saturated carbocycles. The van der Waals surface area contributed by atoms with E-state index in [1.165, 1.54) is 12.1 Å². The molecule has 0 aliphatic heterocycles. The minimum absolute atomic E-state index is 0.0726. The zero-order chi connectivity index (χ0) is 13.7. The zero-order valence-electron chi connectivity index (χ0n) is 11.0. The molecule has 19 heavy (non-hydrogen) atoms. The van der Waals surface area contributed by atoms with Crippen molar-refractivity contribution in [3.05, 3.63) is 71.5 Å². The summed E-state index contributed by atoms with van der Waals surface area (Å²) in [6, 6.07) is 15.8. The Hall–Kier alpha value is -1.96. The van der Waals surface area contributed by atoms with Gasteiger partial charge in [0.2, 0.25) is 0 Å². The van der Waals surface area contributed by atoms with E-state index in [0.29, 0.717) is 6.42 Å². The van der Waals surface area contributed by atoms with E-state index in [2.05, 4.69) is 0 Å². The lowest BCUT2D eigenvalue weighted by molar-refractivity contribution is 0.0973. The number of benzene rings is 2. The number of carbonyl (C=O) groups excluding carboxylic acids is 1. The summed E-state index contributed by atoms with van der Waals surface area (Å²) in [5.74, 6) is -0.0665. The van der Waals surface area contributed by atoms with Crippen molar-refractivity contribution in [3.8, 4) is 0 Å². The Morgan fingerprint density at radius 3 is 2.47 bits per heavy atom. The van der Waals surface area contributed by atoms with E-state index in [0.717, 1.165) is 17.5 Å². The largest absolute Gasteiger partial charge is 0.294 e. The summed E-state index contributed by atoms with van der Waals surface area (Å²) in [4.78, 5) is 12.2. The smallest absolute Gasteiger partial charge is 0.163 e. The van der Waals surface area contributed by atoms with Crippen LogP contribution in [0.3, 0.4) is 0 Å². The average molecular weight is 256 g/mol. The normalized spacial score (nSPS) is 12.1. The second-order valence-electron chi connectivity index (χ2n) is 4.65. The Kier molecular flexibility index (Phi) is 4.45. The molecule has 1 atom stereocenters. The van der Waals surface area contributed by atoms with Gasteiger partial charge in [0.1, 0.15) is 5.82 Å². The topological polar surface area (TPSA) is 17.1 Å². The van der Waals surface area contributed by atoms with Gasteiger partial charge in [-0.25, -0.2) is 4.39 Å². The number of ketones is 1. The third kappa shape index (κ3) is 3.50. The molecule has 0 aliphatic rings. The van der Waals surface area contributed by atoms with Crippen molar-refractivity contribution in [1.29, 1.82) is 0 Å². The predicted octanol–water partition coefficient (Wildman–Crippen LogP) is 4.59. The summed E-state index contributed by atoms with van der Waals surface area (Å²) in [7, 11) is 0. The first kappa shape index (κ1) is 13.5. The van der Waals surface area contributed by atoms with Gasteiger partial charge in [0.15, 0.2) is 5.78 Å². The predicted molar refractivity (Wildman–Crippen MR) is 74.8 cm³/mol. The first-order valence-corrected chi connectivity index (χ1v) is 6.54. The molecular weight excluding hydrogens is 239 g/mol. The van der Waals surface area contributed by atoms with Crippen molar-refractivity contribution in [3.63, 3.8) is 0 Å². The Labute approximate surface area is 113 Å². The SMILES string of the molecule is CC[C@@H](CC(=O)c1ccccc1)c1cccc(F)c1. The molecular formula is C17H17FO. The standard InChI is InChI=1S/C17H17FO/c1-2-13(15-9-6-10-16(18)11-15)12-17(19)14-7-4-3-5-8-14/h3-11,13H,2,12H2,1H3/t13-/m0/s1. The molecule has 0 N–H and O–H groups in total. The molecule has 0 aliphatic carbocycles. The number of carbonyl (C=O) groups is 1. The van der Waals surface area contributed by atoms with Gasteiger partial charge in [0, 0.05) is 12.0 Å². The van der Waals surface area contributed by atoms with Crippen molar-refractivity contribution < 1.29 is 9.18 Å². The fourth-order valence-electron chi connectivity index (χ4n) is 2.22. The van der Waals surface area contributed by atoms with Crippen molar-refractivity contribution in [2.75, 3.05) is 0 Å². The van der Waals surface area contributed by atoms with Crippen LogP contribution in [0.15, 0.2) is 54.6 Å². The molecule has 1 nitrogen and oxygen atoms in total. The summed E-state index contributed by atoms with van der Waals surface area (Å²) >= 11 is 0. The van der Waals surface area contributed by atoms with Crippen LogP contribution in [0.1, 0.15) is 41.6 Å². The first-order valence-electron chi connectivity index (χ1n) is 6.54. The first-order chi connectivity index (χ1) is 9.20. The molecule has 0 spiro atoms. The summed E-state index contributed by atoms with van der Waals surface area (Å²) in [5.41, 5.74) is 1.61. The van der Waals surface area contributed by atoms with Gasteiger partial charge in [-0.15, -0.1) is 0 Å². The monoisotopic (exact) mass is 256 g/mol. The molecule has 0 bridgehead atoms.